The van der Waals surface area contributed by atoms with E-state index >= 15 is 0 Å². The van der Waals surface area contributed by atoms with Crippen LogP contribution >= 0.6 is 0 Å². The molecule has 3 aromatic rings. The summed E-state index contributed by atoms with van der Waals surface area (Å²) in [6, 6.07) is 12.7. The Balaban J connectivity index is 1.72. The van der Waals surface area contributed by atoms with E-state index < -0.39 is 0 Å². The molecule has 1 aliphatic rings. The molecule has 0 unspecified atom stereocenters. The van der Waals surface area contributed by atoms with Crippen LogP contribution in [0.2, 0.25) is 0 Å². The molecule has 0 atom stereocenters. The Kier molecular flexibility index (Phi) is 4.23. The molecular weight excluding hydrogens is 328 g/mol. The molecule has 6 heteroatoms. The summed E-state index contributed by atoms with van der Waals surface area (Å²) >= 11 is 0. The number of aromatic nitrogens is 2. The van der Waals surface area contributed by atoms with Gasteiger partial charge in [-0.25, -0.2) is 4.99 Å². The van der Waals surface area contributed by atoms with E-state index in [0.717, 1.165) is 35.1 Å². The van der Waals surface area contributed by atoms with Gasteiger partial charge in [0.05, 0.1) is 23.1 Å². The summed E-state index contributed by atoms with van der Waals surface area (Å²) in [4.78, 5) is 18.3. The van der Waals surface area contributed by atoms with Gasteiger partial charge in [0, 0.05) is 30.1 Å². The number of aromatic amines is 1. The highest BCUT2D eigenvalue weighted by Crippen LogP contribution is 2.22. The third-order valence-electron chi connectivity index (χ3n) is 4.36. The third-order valence-corrected chi connectivity index (χ3v) is 4.36. The molecule has 0 bridgehead atoms. The van der Waals surface area contributed by atoms with E-state index in [2.05, 4.69) is 10.2 Å². The second-order valence-corrected chi connectivity index (χ2v) is 6.19. The number of allylic oxidation sites excluding steroid dienone is 1. The van der Waals surface area contributed by atoms with E-state index in [1.807, 2.05) is 24.3 Å². The molecule has 0 saturated carbocycles. The Morgan fingerprint density at radius 3 is 2.85 bits per heavy atom. The van der Waals surface area contributed by atoms with Crippen LogP contribution < -0.4 is 0 Å². The highest BCUT2D eigenvalue weighted by Gasteiger charge is 2.17. The average molecular weight is 346 g/mol. The highest BCUT2D eigenvalue weighted by atomic mass is 16.3. The van der Waals surface area contributed by atoms with Crippen molar-refractivity contribution >= 4 is 28.2 Å². The zero-order valence-corrected chi connectivity index (χ0v) is 14.1. The Morgan fingerprint density at radius 2 is 2.08 bits per heavy atom. The normalized spacial score (nSPS) is 15.5. The van der Waals surface area contributed by atoms with Gasteiger partial charge in [-0.1, -0.05) is 0 Å². The smallest absolute Gasteiger partial charge is 0.226 e. The summed E-state index contributed by atoms with van der Waals surface area (Å²) < 4.78 is 0. The quantitative estimate of drug-likeness (QED) is 0.709. The lowest BCUT2D eigenvalue weighted by molar-refractivity contribution is -0.125. The van der Waals surface area contributed by atoms with Gasteiger partial charge < -0.3 is 10.0 Å². The maximum atomic E-state index is 11.8. The van der Waals surface area contributed by atoms with E-state index in [9.17, 15) is 9.90 Å². The van der Waals surface area contributed by atoms with Crippen LogP contribution in [0.1, 0.15) is 18.4 Å². The van der Waals surface area contributed by atoms with Crippen molar-refractivity contribution in [1.29, 1.82) is 0 Å². The average Bonchev–Trinajstić information content (AvgIpc) is 3.27. The van der Waals surface area contributed by atoms with Gasteiger partial charge in [0.15, 0.2) is 0 Å². The lowest BCUT2D eigenvalue weighted by Gasteiger charge is -2.09. The second kappa shape index (κ2) is 6.84. The molecule has 1 saturated heterocycles. The van der Waals surface area contributed by atoms with Crippen LogP contribution in [-0.4, -0.2) is 38.4 Å². The van der Waals surface area contributed by atoms with Crippen molar-refractivity contribution in [3.05, 3.63) is 66.5 Å². The summed E-state index contributed by atoms with van der Waals surface area (Å²) in [6.07, 6.45) is 6.86. The molecule has 2 heterocycles. The van der Waals surface area contributed by atoms with Gasteiger partial charge in [-0.05, 0) is 55.0 Å². The maximum absolute atomic E-state index is 11.8. The van der Waals surface area contributed by atoms with Crippen LogP contribution in [0.3, 0.4) is 0 Å². The topological polar surface area (TPSA) is 81.6 Å². The summed E-state index contributed by atoms with van der Waals surface area (Å²) in [6.45, 7) is 0.735. The number of carbonyl (C=O) groups is 1. The fourth-order valence-corrected chi connectivity index (χ4v) is 2.96. The van der Waals surface area contributed by atoms with Crippen molar-refractivity contribution in [2.24, 2.45) is 4.99 Å². The fraction of sp³-hybridized carbons (Fsp3) is 0.150. The second-order valence-electron chi connectivity index (χ2n) is 6.19. The van der Waals surface area contributed by atoms with E-state index in [4.69, 9.17) is 4.99 Å². The van der Waals surface area contributed by atoms with Crippen LogP contribution in [0.25, 0.3) is 10.9 Å². The van der Waals surface area contributed by atoms with Gasteiger partial charge in [-0.3, -0.25) is 9.89 Å². The number of carbonyl (C=O) groups excluding carboxylic acids is 1. The van der Waals surface area contributed by atoms with Crippen LogP contribution in [0.4, 0.5) is 5.69 Å². The largest absolute Gasteiger partial charge is 0.508 e. The molecule has 26 heavy (non-hydrogen) atoms. The van der Waals surface area contributed by atoms with Crippen molar-refractivity contribution in [2.75, 3.05) is 6.54 Å². The first kappa shape index (κ1) is 16.1. The van der Waals surface area contributed by atoms with Crippen molar-refractivity contribution in [3.8, 4) is 5.75 Å². The summed E-state index contributed by atoms with van der Waals surface area (Å²) in [5.74, 6) is 0.331. The zero-order valence-electron chi connectivity index (χ0n) is 14.1. The molecule has 1 fully saturated rings. The highest BCUT2D eigenvalue weighted by molar-refractivity contribution is 6.10. The molecule has 1 amide bonds. The number of nitrogens with zero attached hydrogens (tertiary/aromatic N) is 3. The maximum Gasteiger partial charge on any atom is 0.226 e. The Hall–Kier alpha value is -3.41. The van der Waals surface area contributed by atoms with Crippen molar-refractivity contribution in [1.82, 2.24) is 15.1 Å². The van der Waals surface area contributed by atoms with Gasteiger partial charge in [0.25, 0.3) is 0 Å². The van der Waals surface area contributed by atoms with Gasteiger partial charge in [0.2, 0.25) is 5.91 Å². The Labute approximate surface area is 150 Å². The van der Waals surface area contributed by atoms with E-state index in [0.29, 0.717) is 12.1 Å². The SMILES string of the molecule is O=C1CCCN1/C=C/C(=Nc1ccc2[nH]ncc2c1)c1ccc(O)cc1. The van der Waals surface area contributed by atoms with Crippen molar-refractivity contribution < 1.29 is 9.90 Å². The number of fused-ring (bicyclic) bond motifs is 1. The lowest BCUT2D eigenvalue weighted by atomic mass is 10.1. The molecule has 2 N–H and O–H groups in total. The van der Waals surface area contributed by atoms with Crippen LogP contribution in [-0.2, 0) is 4.79 Å². The first-order valence-electron chi connectivity index (χ1n) is 8.48. The fourth-order valence-electron chi connectivity index (χ4n) is 2.96. The minimum atomic E-state index is 0.131. The molecule has 2 aromatic carbocycles. The number of aromatic hydroxyl groups is 1. The molecule has 1 aliphatic heterocycles. The number of H-pyrrole nitrogens is 1. The molecule has 0 radical (unpaired) electrons. The standard InChI is InChI=1S/C20H18N4O2/c25-17-6-3-14(4-7-17)18(9-11-24-10-1-2-20(24)26)22-16-5-8-19-15(12-16)13-21-23-19/h3-9,11-13,25H,1-2,10H2,(H,21,23)/b11-9+,22-18?. The summed E-state index contributed by atoms with van der Waals surface area (Å²) in [5.41, 5.74) is 3.32. The predicted octanol–water partition coefficient (Wildman–Crippen LogP) is 3.53. The van der Waals surface area contributed by atoms with Crippen molar-refractivity contribution in [2.45, 2.75) is 12.8 Å². The molecular formula is C20H18N4O2. The zero-order chi connectivity index (χ0) is 17.9. The predicted molar refractivity (Wildman–Crippen MR) is 100 cm³/mol. The van der Waals surface area contributed by atoms with Crippen LogP contribution in [0.5, 0.6) is 5.75 Å². The minimum Gasteiger partial charge on any atom is -0.508 e. The first-order valence-corrected chi connectivity index (χ1v) is 8.48. The molecule has 0 spiro atoms. The number of likely N-dealkylation sites (tertiary alicyclic amines) is 1. The van der Waals surface area contributed by atoms with Crippen LogP contribution in [0, 0.1) is 0 Å². The van der Waals surface area contributed by atoms with Crippen LogP contribution in [0.15, 0.2) is 65.9 Å². The number of nitrogens with one attached hydrogen (secondary N) is 1. The lowest BCUT2D eigenvalue weighted by Crippen LogP contribution is -2.17. The Bertz CT molecular complexity index is 1000. The molecule has 4 rings (SSSR count). The molecule has 130 valence electrons. The van der Waals surface area contributed by atoms with Gasteiger partial charge in [-0.2, -0.15) is 5.10 Å². The first-order chi connectivity index (χ1) is 12.7. The minimum absolute atomic E-state index is 0.131. The van der Waals surface area contributed by atoms with Crippen molar-refractivity contribution in [3.63, 3.8) is 0 Å². The van der Waals surface area contributed by atoms with E-state index in [1.165, 1.54) is 0 Å². The molecule has 0 aliphatic carbocycles. The van der Waals surface area contributed by atoms with Gasteiger partial charge in [-0.15, -0.1) is 0 Å². The molecule has 1 aromatic heterocycles. The number of aliphatic imine (C=N–C) groups is 1. The number of amides is 1. The number of phenolic OH excluding ortho intramolecular Hbond substituents is 1. The summed E-state index contributed by atoms with van der Waals surface area (Å²) in [5, 5.41) is 17.5. The number of phenols is 1. The molecule has 6 nitrogen and oxygen atoms in total. The number of hydrogen-bond donors (Lipinski definition) is 2. The van der Waals surface area contributed by atoms with E-state index in [1.54, 1.807) is 41.6 Å². The number of rotatable bonds is 4. The van der Waals surface area contributed by atoms with Gasteiger partial charge in [0.1, 0.15) is 5.75 Å². The van der Waals surface area contributed by atoms with E-state index in [-0.39, 0.29) is 11.7 Å². The monoisotopic (exact) mass is 346 g/mol. The third kappa shape index (κ3) is 3.35. The number of benzene rings is 2. The Morgan fingerprint density at radius 1 is 1.23 bits per heavy atom. The number of hydrogen-bond acceptors (Lipinski definition) is 4. The van der Waals surface area contributed by atoms with Gasteiger partial charge >= 0.3 is 0 Å². The summed E-state index contributed by atoms with van der Waals surface area (Å²) in [7, 11) is 0.